The first-order chi connectivity index (χ1) is 13.4. The van der Waals surface area contributed by atoms with Gasteiger partial charge in [0, 0.05) is 31.4 Å². The molecule has 29 heavy (non-hydrogen) atoms. The maximum Gasteiger partial charge on any atom is 0.422 e. The molecule has 160 valence electrons. The molecule has 1 atom stereocenters. The molecule has 0 fully saturated rings. The molecule has 0 aliphatic rings. The van der Waals surface area contributed by atoms with Gasteiger partial charge in [-0.05, 0) is 31.4 Å². The Morgan fingerprint density at radius 3 is 2.55 bits per heavy atom. The summed E-state index contributed by atoms with van der Waals surface area (Å²) in [6.45, 7) is 0.921. The molecule has 9 heteroatoms. The van der Waals surface area contributed by atoms with Crippen LogP contribution in [0.15, 0.2) is 53.7 Å². The highest BCUT2D eigenvalue weighted by Gasteiger charge is 2.29. The number of rotatable bonds is 8. The average molecular weight is 522 g/mol. The van der Waals surface area contributed by atoms with Crippen LogP contribution in [0.2, 0.25) is 0 Å². The van der Waals surface area contributed by atoms with E-state index in [1.807, 2.05) is 18.2 Å². The van der Waals surface area contributed by atoms with Gasteiger partial charge >= 0.3 is 6.18 Å². The molecule has 1 aromatic carbocycles. The second-order valence-corrected chi connectivity index (χ2v) is 6.37. The Bertz CT molecular complexity index is 757. The highest BCUT2D eigenvalue weighted by molar-refractivity contribution is 14.0. The van der Waals surface area contributed by atoms with Crippen LogP contribution >= 0.6 is 24.0 Å². The summed E-state index contributed by atoms with van der Waals surface area (Å²) in [7, 11) is 1.64. The van der Waals surface area contributed by atoms with Crippen LogP contribution in [0.4, 0.5) is 13.2 Å². The molecular weight excluding hydrogens is 496 g/mol. The number of aromatic nitrogens is 1. The Balaban J connectivity index is 0.00000420. The third-order valence-electron chi connectivity index (χ3n) is 3.98. The molecule has 0 amide bonds. The minimum atomic E-state index is -4.41. The monoisotopic (exact) mass is 522 g/mol. The van der Waals surface area contributed by atoms with E-state index in [0.29, 0.717) is 11.5 Å². The molecule has 2 N–H and O–H groups in total. The molecule has 1 heterocycles. The Labute approximate surface area is 186 Å². The van der Waals surface area contributed by atoms with E-state index in [9.17, 15) is 13.2 Å². The maximum absolute atomic E-state index is 12.4. The molecule has 5 nitrogen and oxygen atoms in total. The first kappa shape index (κ1) is 25.0. The lowest BCUT2D eigenvalue weighted by Crippen LogP contribution is -2.42. The van der Waals surface area contributed by atoms with Crippen molar-refractivity contribution in [1.82, 2.24) is 15.6 Å². The SMILES string of the molecule is CN=C(NCc1cccnc1OCC(F)(F)F)NC(C)CCc1ccccc1.I. The first-order valence-electron chi connectivity index (χ1n) is 9.02. The fraction of sp³-hybridized carbons (Fsp3) is 0.400. The summed E-state index contributed by atoms with van der Waals surface area (Å²) >= 11 is 0. The predicted octanol–water partition coefficient (Wildman–Crippen LogP) is 4.33. The van der Waals surface area contributed by atoms with Crippen molar-refractivity contribution in [2.24, 2.45) is 4.99 Å². The number of pyridine rings is 1. The highest BCUT2D eigenvalue weighted by atomic mass is 127. The molecule has 0 radical (unpaired) electrons. The fourth-order valence-electron chi connectivity index (χ4n) is 2.55. The number of nitrogens with zero attached hydrogens (tertiary/aromatic N) is 2. The zero-order chi connectivity index (χ0) is 20.4. The maximum atomic E-state index is 12.4. The summed E-state index contributed by atoms with van der Waals surface area (Å²) in [5.41, 5.74) is 1.78. The number of guanidine groups is 1. The van der Waals surface area contributed by atoms with Gasteiger partial charge in [0.05, 0.1) is 0 Å². The minimum Gasteiger partial charge on any atom is -0.468 e. The second-order valence-electron chi connectivity index (χ2n) is 6.37. The number of nitrogens with one attached hydrogen (secondary N) is 2. The molecule has 0 aliphatic carbocycles. The number of alkyl halides is 3. The van der Waals surface area contributed by atoms with Gasteiger partial charge in [0.1, 0.15) is 0 Å². The smallest absolute Gasteiger partial charge is 0.422 e. The van der Waals surface area contributed by atoms with Crippen molar-refractivity contribution in [2.45, 2.75) is 38.5 Å². The minimum absolute atomic E-state index is 0. The number of halogens is 4. The van der Waals surface area contributed by atoms with E-state index in [1.54, 1.807) is 19.2 Å². The van der Waals surface area contributed by atoms with E-state index in [4.69, 9.17) is 4.74 Å². The van der Waals surface area contributed by atoms with Crippen molar-refractivity contribution in [3.05, 3.63) is 59.8 Å². The van der Waals surface area contributed by atoms with E-state index >= 15 is 0 Å². The van der Waals surface area contributed by atoms with Crippen LogP contribution in [0.1, 0.15) is 24.5 Å². The van der Waals surface area contributed by atoms with Crippen molar-refractivity contribution < 1.29 is 17.9 Å². The molecule has 2 rings (SSSR count). The van der Waals surface area contributed by atoms with Crippen LogP contribution in [0.5, 0.6) is 5.88 Å². The molecule has 0 bridgehead atoms. The Hall–Kier alpha value is -2.04. The van der Waals surface area contributed by atoms with Crippen molar-refractivity contribution in [3.63, 3.8) is 0 Å². The van der Waals surface area contributed by atoms with Gasteiger partial charge in [-0.15, -0.1) is 24.0 Å². The summed E-state index contributed by atoms with van der Waals surface area (Å²) in [5.74, 6) is 0.520. The Kier molecular flexibility index (Phi) is 10.8. The summed E-state index contributed by atoms with van der Waals surface area (Å²) in [4.78, 5) is 8.05. The summed E-state index contributed by atoms with van der Waals surface area (Å²) in [6.07, 6.45) is -1.16. The molecule has 0 saturated heterocycles. The normalized spacial score (nSPS) is 12.7. The summed E-state index contributed by atoms with van der Waals surface area (Å²) in [5, 5.41) is 6.37. The molecule has 0 aliphatic heterocycles. The third kappa shape index (κ3) is 9.82. The van der Waals surface area contributed by atoms with Gasteiger partial charge in [-0.1, -0.05) is 36.4 Å². The van der Waals surface area contributed by atoms with E-state index in [2.05, 4.69) is 39.7 Å². The van der Waals surface area contributed by atoms with Crippen LogP contribution in [0, 0.1) is 0 Å². The first-order valence-corrected chi connectivity index (χ1v) is 9.02. The van der Waals surface area contributed by atoms with E-state index in [-0.39, 0.29) is 42.4 Å². The standard InChI is InChI=1S/C20H25F3N4O.HI/c1-15(10-11-16-7-4-3-5-8-16)27-19(24-2)26-13-17-9-6-12-25-18(17)28-14-20(21,22)23;/h3-9,12,15H,10-11,13-14H2,1-2H3,(H2,24,26,27);1H. The van der Waals surface area contributed by atoms with Crippen molar-refractivity contribution in [1.29, 1.82) is 0 Å². The van der Waals surface area contributed by atoms with Crippen molar-refractivity contribution >= 4 is 29.9 Å². The van der Waals surface area contributed by atoms with Crippen LogP contribution in [0.25, 0.3) is 0 Å². The number of aliphatic imine (C=N–C) groups is 1. The molecule has 1 aromatic heterocycles. The largest absolute Gasteiger partial charge is 0.468 e. The molecule has 1 unspecified atom stereocenters. The number of ether oxygens (including phenoxy) is 1. The van der Waals surface area contributed by atoms with Crippen LogP contribution < -0.4 is 15.4 Å². The van der Waals surface area contributed by atoms with Gasteiger partial charge in [-0.25, -0.2) is 4.98 Å². The van der Waals surface area contributed by atoms with Crippen molar-refractivity contribution in [3.8, 4) is 5.88 Å². The van der Waals surface area contributed by atoms with E-state index < -0.39 is 12.8 Å². The lowest BCUT2D eigenvalue weighted by Gasteiger charge is -2.18. The highest BCUT2D eigenvalue weighted by Crippen LogP contribution is 2.19. The zero-order valence-electron chi connectivity index (χ0n) is 16.4. The quantitative estimate of drug-likeness (QED) is 0.308. The number of aryl methyl sites for hydroxylation is 1. The topological polar surface area (TPSA) is 58.5 Å². The fourth-order valence-corrected chi connectivity index (χ4v) is 2.55. The van der Waals surface area contributed by atoms with Crippen LogP contribution in [-0.4, -0.2) is 36.8 Å². The summed E-state index contributed by atoms with van der Waals surface area (Å²) in [6, 6.07) is 13.7. The van der Waals surface area contributed by atoms with Crippen LogP contribution in [0.3, 0.4) is 0 Å². The Morgan fingerprint density at radius 2 is 1.90 bits per heavy atom. The Morgan fingerprint density at radius 1 is 1.17 bits per heavy atom. The molecule has 0 spiro atoms. The average Bonchev–Trinajstić information content (AvgIpc) is 2.68. The molecule has 2 aromatic rings. The lowest BCUT2D eigenvalue weighted by molar-refractivity contribution is -0.154. The van der Waals surface area contributed by atoms with Gasteiger partial charge in [0.25, 0.3) is 0 Å². The summed E-state index contributed by atoms with van der Waals surface area (Å²) < 4.78 is 41.9. The number of hydrogen-bond acceptors (Lipinski definition) is 3. The van der Waals surface area contributed by atoms with Crippen LogP contribution in [-0.2, 0) is 13.0 Å². The molecule has 0 saturated carbocycles. The lowest BCUT2D eigenvalue weighted by atomic mass is 10.1. The second kappa shape index (κ2) is 12.5. The van der Waals surface area contributed by atoms with Gasteiger partial charge in [0.15, 0.2) is 12.6 Å². The van der Waals surface area contributed by atoms with Gasteiger partial charge in [-0.3, -0.25) is 4.99 Å². The number of benzene rings is 1. The van der Waals surface area contributed by atoms with Gasteiger partial charge in [-0.2, -0.15) is 13.2 Å². The molecular formula is C20H26F3IN4O. The van der Waals surface area contributed by atoms with Gasteiger partial charge in [0.2, 0.25) is 5.88 Å². The predicted molar refractivity (Wildman–Crippen MR) is 119 cm³/mol. The van der Waals surface area contributed by atoms with E-state index in [0.717, 1.165) is 12.8 Å². The third-order valence-corrected chi connectivity index (χ3v) is 3.98. The number of hydrogen-bond donors (Lipinski definition) is 2. The van der Waals surface area contributed by atoms with Gasteiger partial charge < -0.3 is 15.4 Å². The van der Waals surface area contributed by atoms with E-state index in [1.165, 1.54) is 11.8 Å². The van der Waals surface area contributed by atoms with Crippen molar-refractivity contribution in [2.75, 3.05) is 13.7 Å². The zero-order valence-corrected chi connectivity index (χ0v) is 18.7.